The fourth-order valence-corrected chi connectivity index (χ4v) is 2.59. The smallest absolute Gasteiger partial charge is 0.0741 e. The van der Waals surface area contributed by atoms with Crippen molar-refractivity contribution in [3.05, 3.63) is 28.2 Å². The maximum atomic E-state index is 9.92. The van der Waals surface area contributed by atoms with Crippen molar-refractivity contribution in [1.82, 2.24) is 0 Å². The van der Waals surface area contributed by atoms with E-state index in [9.17, 15) is 5.11 Å². The third kappa shape index (κ3) is 2.77. The molecule has 2 rings (SSSR count). The highest BCUT2D eigenvalue weighted by atomic mass is 79.9. The van der Waals surface area contributed by atoms with E-state index in [0.29, 0.717) is 0 Å². The van der Waals surface area contributed by atoms with Gasteiger partial charge in [-0.2, -0.15) is 0 Å². The van der Waals surface area contributed by atoms with Gasteiger partial charge in [0.25, 0.3) is 0 Å². The number of aliphatic hydroxyl groups is 1. The third-order valence-electron chi connectivity index (χ3n) is 3.27. The van der Waals surface area contributed by atoms with Gasteiger partial charge in [0.05, 0.1) is 12.1 Å². The van der Waals surface area contributed by atoms with Gasteiger partial charge < -0.3 is 10.4 Å². The molecule has 1 aliphatic carbocycles. The highest BCUT2D eigenvalue weighted by Gasteiger charge is 2.22. The van der Waals surface area contributed by atoms with Crippen LogP contribution in [0.4, 0.5) is 5.69 Å². The van der Waals surface area contributed by atoms with E-state index in [0.717, 1.165) is 29.4 Å². The van der Waals surface area contributed by atoms with Crippen LogP contribution < -0.4 is 5.32 Å². The Morgan fingerprint density at radius 1 is 1.31 bits per heavy atom. The second-order valence-electron chi connectivity index (χ2n) is 4.56. The van der Waals surface area contributed by atoms with Gasteiger partial charge in [-0.05, 0) is 37.5 Å². The zero-order valence-electron chi connectivity index (χ0n) is 9.54. The molecule has 1 fully saturated rings. The number of halogens is 1. The molecule has 3 heteroatoms. The lowest BCUT2D eigenvalue weighted by atomic mass is 9.92. The van der Waals surface area contributed by atoms with Crippen molar-refractivity contribution in [3.8, 4) is 0 Å². The lowest BCUT2D eigenvalue weighted by molar-refractivity contribution is 0.116. The number of nitrogens with one attached hydrogen (secondary N) is 1. The Bertz CT molecular complexity index is 367. The van der Waals surface area contributed by atoms with Crippen LogP contribution in [0, 0.1) is 6.92 Å². The number of rotatable bonds is 2. The number of aliphatic hydroxyl groups excluding tert-OH is 1. The Hall–Kier alpha value is -0.540. The maximum absolute atomic E-state index is 9.92. The highest BCUT2D eigenvalue weighted by molar-refractivity contribution is 9.10. The Morgan fingerprint density at radius 2 is 2.06 bits per heavy atom. The summed E-state index contributed by atoms with van der Waals surface area (Å²) < 4.78 is 1.07. The molecule has 0 radical (unpaired) electrons. The molecule has 0 amide bonds. The molecule has 1 saturated carbocycles. The van der Waals surface area contributed by atoms with Gasteiger partial charge in [0.15, 0.2) is 0 Å². The molecule has 2 nitrogen and oxygen atoms in total. The van der Waals surface area contributed by atoms with E-state index in [-0.39, 0.29) is 12.1 Å². The zero-order chi connectivity index (χ0) is 11.5. The highest BCUT2D eigenvalue weighted by Crippen LogP contribution is 2.26. The zero-order valence-corrected chi connectivity index (χ0v) is 11.1. The van der Waals surface area contributed by atoms with E-state index < -0.39 is 0 Å². The summed E-state index contributed by atoms with van der Waals surface area (Å²) in [6, 6.07) is 6.41. The van der Waals surface area contributed by atoms with Crippen molar-refractivity contribution in [2.45, 2.75) is 44.8 Å². The van der Waals surface area contributed by atoms with Gasteiger partial charge in [0.1, 0.15) is 0 Å². The van der Waals surface area contributed by atoms with Crippen molar-refractivity contribution in [3.63, 3.8) is 0 Å². The fourth-order valence-electron chi connectivity index (χ4n) is 2.23. The number of hydrogen-bond donors (Lipinski definition) is 2. The topological polar surface area (TPSA) is 32.3 Å². The van der Waals surface area contributed by atoms with Crippen molar-refractivity contribution in [2.75, 3.05) is 5.32 Å². The predicted octanol–water partition coefficient (Wildman–Crippen LogP) is 3.47. The molecule has 2 unspecified atom stereocenters. The first-order valence-electron chi connectivity index (χ1n) is 5.87. The van der Waals surface area contributed by atoms with Crippen LogP contribution in [0.15, 0.2) is 22.7 Å². The number of benzene rings is 1. The Kier molecular flexibility index (Phi) is 3.87. The summed E-state index contributed by atoms with van der Waals surface area (Å²) in [7, 11) is 0. The van der Waals surface area contributed by atoms with E-state index >= 15 is 0 Å². The molecule has 0 spiro atoms. The molecular weight excluding hydrogens is 266 g/mol. The van der Waals surface area contributed by atoms with E-state index in [1.807, 2.05) is 6.07 Å². The molecule has 16 heavy (non-hydrogen) atoms. The second kappa shape index (κ2) is 5.19. The molecule has 0 bridgehead atoms. The molecule has 0 heterocycles. The Balaban J connectivity index is 2.10. The molecular formula is C13H18BrNO. The Labute approximate surface area is 105 Å². The van der Waals surface area contributed by atoms with Crippen LogP contribution in [0.1, 0.15) is 31.2 Å². The van der Waals surface area contributed by atoms with Gasteiger partial charge in [0.2, 0.25) is 0 Å². The van der Waals surface area contributed by atoms with Crippen molar-refractivity contribution in [2.24, 2.45) is 0 Å². The minimum absolute atomic E-state index is 0.202. The van der Waals surface area contributed by atoms with Gasteiger partial charge >= 0.3 is 0 Å². The van der Waals surface area contributed by atoms with Crippen LogP contribution in [0.25, 0.3) is 0 Å². The SMILES string of the molecule is Cc1ccc(Br)cc1NC1CCCCC1O. The number of hydrogen-bond acceptors (Lipinski definition) is 2. The summed E-state index contributed by atoms with van der Waals surface area (Å²) in [6.45, 7) is 2.09. The van der Waals surface area contributed by atoms with Crippen molar-refractivity contribution >= 4 is 21.6 Å². The van der Waals surface area contributed by atoms with Crippen LogP contribution in [0.2, 0.25) is 0 Å². The minimum atomic E-state index is -0.202. The Morgan fingerprint density at radius 3 is 2.81 bits per heavy atom. The van der Waals surface area contributed by atoms with E-state index in [1.54, 1.807) is 0 Å². The summed E-state index contributed by atoms with van der Waals surface area (Å²) in [4.78, 5) is 0. The second-order valence-corrected chi connectivity index (χ2v) is 5.48. The van der Waals surface area contributed by atoms with E-state index in [4.69, 9.17) is 0 Å². The molecule has 0 aliphatic heterocycles. The average molecular weight is 284 g/mol. The fraction of sp³-hybridized carbons (Fsp3) is 0.538. The lowest BCUT2D eigenvalue weighted by Gasteiger charge is -2.29. The summed E-state index contributed by atoms with van der Waals surface area (Å²) in [5.41, 5.74) is 2.35. The van der Waals surface area contributed by atoms with Gasteiger partial charge in [0, 0.05) is 10.2 Å². The molecule has 2 atom stereocenters. The normalized spacial score (nSPS) is 25.4. The summed E-state index contributed by atoms with van der Waals surface area (Å²) in [6.07, 6.45) is 4.14. The standard InChI is InChI=1S/C13H18BrNO/c1-9-6-7-10(14)8-12(9)15-11-4-2-3-5-13(11)16/h6-8,11,13,15-16H,2-5H2,1H3. The predicted molar refractivity (Wildman–Crippen MR) is 70.8 cm³/mol. The van der Waals surface area contributed by atoms with Gasteiger partial charge in [-0.1, -0.05) is 34.8 Å². The van der Waals surface area contributed by atoms with E-state index in [1.165, 1.54) is 12.0 Å². The number of anilines is 1. The first-order chi connectivity index (χ1) is 7.66. The molecule has 0 saturated heterocycles. The minimum Gasteiger partial charge on any atom is -0.391 e. The van der Waals surface area contributed by atoms with Gasteiger partial charge in [-0.3, -0.25) is 0 Å². The van der Waals surface area contributed by atoms with Crippen LogP contribution >= 0.6 is 15.9 Å². The molecule has 2 N–H and O–H groups in total. The van der Waals surface area contributed by atoms with E-state index in [2.05, 4.69) is 40.3 Å². The van der Waals surface area contributed by atoms with Gasteiger partial charge in [-0.25, -0.2) is 0 Å². The molecule has 1 aliphatic rings. The lowest BCUT2D eigenvalue weighted by Crippen LogP contribution is -2.36. The summed E-state index contributed by atoms with van der Waals surface area (Å²) >= 11 is 3.47. The number of aryl methyl sites for hydroxylation is 1. The first kappa shape index (κ1) is 11.9. The molecule has 1 aromatic carbocycles. The van der Waals surface area contributed by atoms with Crippen molar-refractivity contribution in [1.29, 1.82) is 0 Å². The summed E-state index contributed by atoms with van der Waals surface area (Å²) in [5, 5.41) is 13.4. The average Bonchev–Trinajstić information content (AvgIpc) is 2.27. The quantitative estimate of drug-likeness (QED) is 0.871. The molecule has 0 aromatic heterocycles. The monoisotopic (exact) mass is 283 g/mol. The van der Waals surface area contributed by atoms with Gasteiger partial charge in [-0.15, -0.1) is 0 Å². The largest absolute Gasteiger partial charge is 0.391 e. The molecule has 88 valence electrons. The maximum Gasteiger partial charge on any atom is 0.0741 e. The van der Waals surface area contributed by atoms with Crippen LogP contribution in [0.3, 0.4) is 0 Å². The molecule has 1 aromatic rings. The van der Waals surface area contributed by atoms with Crippen LogP contribution in [-0.4, -0.2) is 17.3 Å². The first-order valence-corrected chi connectivity index (χ1v) is 6.67. The van der Waals surface area contributed by atoms with Crippen molar-refractivity contribution < 1.29 is 5.11 Å². The third-order valence-corrected chi connectivity index (χ3v) is 3.76. The van der Waals surface area contributed by atoms with Crippen LogP contribution in [-0.2, 0) is 0 Å². The van der Waals surface area contributed by atoms with Crippen LogP contribution in [0.5, 0.6) is 0 Å². The summed E-state index contributed by atoms with van der Waals surface area (Å²) in [5.74, 6) is 0.